The van der Waals surface area contributed by atoms with Gasteiger partial charge in [-0.25, -0.2) is 0 Å². The number of rotatable bonds is 4. The topological polar surface area (TPSA) is 54.0 Å². The molecule has 1 aromatic heterocycles. The summed E-state index contributed by atoms with van der Waals surface area (Å²) in [5, 5.41) is 5.95. The van der Waals surface area contributed by atoms with Crippen LogP contribution in [0, 0.1) is 0 Å². The number of nitrogens with zero attached hydrogens (tertiary/aromatic N) is 1. The third-order valence-corrected chi connectivity index (χ3v) is 3.68. The number of carbonyl (C=O) groups is 1. The lowest BCUT2D eigenvalue weighted by Crippen LogP contribution is -2.49. The number of benzene rings is 1. The van der Waals surface area contributed by atoms with Crippen LogP contribution in [-0.2, 0) is 0 Å². The van der Waals surface area contributed by atoms with Gasteiger partial charge in [0, 0.05) is 12.4 Å². The highest BCUT2D eigenvalue weighted by Crippen LogP contribution is 2.32. The Labute approximate surface area is 147 Å². The van der Waals surface area contributed by atoms with E-state index in [0.29, 0.717) is 16.3 Å². The van der Waals surface area contributed by atoms with Gasteiger partial charge in [0.2, 0.25) is 3.79 Å². The minimum Gasteiger partial charge on any atom is -0.361 e. The van der Waals surface area contributed by atoms with E-state index in [1.54, 1.807) is 42.6 Å². The maximum Gasteiger partial charge on any atom is 0.254 e. The summed E-state index contributed by atoms with van der Waals surface area (Å²) < 4.78 is -1.78. The van der Waals surface area contributed by atoms with Crippen molar-refractivity contribution in [2.45, 2.75) is 9.96 Å². The molecule has 0 radical (unpaired) electrons. The van der Waals surface area contributed by atoms with Crippen molar-refractivity contribution in [3.63, 3.8) is 0 Å². The average Bonchev–Trinajstić information content (AvgIpc) is 2.48. The molecule has 8 heteroatoms. The Morgan fingerprint density at radius 1 is 1.14 bits per heavy atom. The number of aromatic nitrogens is 1. The summed E-state index contributed by atoms with van der Waals surface area (Å²) in [6.07, 6.45) is 2.00. The van der Waals surface area contributed by atoms with E-state index in [4.69, 9.17) is 46.4 Å². The largest absolute Gasteiger partial charge is 0.361 e. The molecule has 22 heavy (non-hydrogen) atoms. The lowest BCUT2D eigenvalue weighted by molar-refractivity contribution is 0.0941. The van der Waals surface area contributed by atoms with Crippen LogP contribution in [-0.4, -0.2) is 20.8 Å². The monoisotopic (exact) mass is 377 g/mol. The molecule has 1 amide bonds. The number of nitrogens with one attached hydrogen (secondary N) is 2. The minimum atomic E-state index is -1.78. The van der Waals surface area contributed by atoms with Gasteiger partial charge >= 0.3 is 0 Å². The van der Waals surface area contributed by atoms with E-state index in [1.807, 2.05) is 0 Å². The maximum absolute atomic E-state index is 12.2. The summed E-state index contributed by atoms with van der Waals surface area (Å²) in [4.78, 5) is 16.0. The van der Waals surface area contributed by atoms with Gasteiger partial charge in [0.1, 0.15) is 6.17 Å². The normalized spacial score (nSPS) is 12.5. The Morgan fingerprint density at radius 2 is 1.86 bits per heavy atom. The Bertz CT molecular complexity index is 646. The van der Waals surface area contributed by atoms with E-state index in [0.717, 1.165) is 0 Å². The smallest absolute Gasteiger partial charge is 0.254 e. The molecule has 0 saturated carbocycles. The predicted molar refractivity (Wildman–Crippen MR) is 90.9 cm³/mol. The van der Waals surface area contributed by atoms with Crippen LogP contribution >= 0.6 is 46.4 Å². The number of para-hydroxylation sites is 1. The van der Waals surface area contributed by atoms with Crippen LogP contribution in [0.5, 0.6) is 0 Å². The second kappa shape index (κ2) is 7.38. The maximum atomic E-state index is 12.2. The van der Waals surface area contributed by atoms with Gasteiger partial charge in [-0.2, -0.15) is 0 Å². The molecule has 2 N–H and O–H groups in total. The van der Waals surface area contributed by atoms with Crippen LogP contribution in [0.4, 0.5) is 5.69 Å². The van der Waals surface area contributed by atoms with E-state index in [2.05, 4.69) is 15.6 Å². The fraction of sp³-hybridized carbons (Fsp3) is 0.143. The minimum absolute atomic E-state index is 0.350. The van der Waals surface area contributed by atoms with Gasteiger partial charge in [0.05, 0.1) is 16.3 Å². The third kappa shape index (κ3) is 4.65. The van der Waals surface area contributed by atoms with Crippen molar-refractivity contribution in [1.82, 2.24) is 10.3 Å². The zero-order valence-electron chi connectivity index (χ0n) is 11.1. The molecule has 0 bridgehead atoms. The molecule has 1 atom stereocenters. The first-order valence-electron chi connectivity index (χ1n) is 6.16. The summed E-state index contributed by atoms with van der Waals surface area (Å²) in [6, 6.07) is 10.2. The number of anilines is 1. The van der Waals surface area contributed by atoms with Gasteiger partial charge < -0.3 is 10.6 Å². The SMILES string of the molecule is O=C(N[C@H](Nc1ccccc1Cl)C(Cl)(Cl)Cl)c1cccnc1. The first-order valence-corrected chi connectivity index (χ1v) is 7.68. The molecular weight excluding hydrogens is 368 g/mol. The highest BCUT2D eigenvalue weighted by Gasteiger charge is 2.34. The van der Waals surface area contributed by atoms with Crippen molar-refractivity contribution in [2.75, 3.05) is 5.32 Å². The summed E-state index contributed by atoms with van der Waals surface area (Å²) in [7, 11) is 0. The van der Waals surface area contributed by atoms with Crippen molar-refractivity contribution >= 4 is 58.0 Å². The molecule has 0 aliphatic carbocycles. The molecule has 1 heterocycles. The molecule has 0 aliphatic rings. The van der Waals surface area contributed by atoms with Gasteiger partial charge in [-0.3, -0.25) is 9.78 Å². The molecule has 0 spiro atoms. The first kappa shape index (κ1) is 17.2. The molecule has 0 saturated heterocycles. The van der Waals surface area contributed by atoms with Crippen LogP contribution in [0.1, 0.15) is 10.4 Å². The molecule has 2 rings (SSSR count). The van der Waals surface area contributed by atoms with Crippen molar-refractivity contribution in [1.29, 1.82) is 0 Å². The van der Waals surface area contributed by atoms with Crippen LogP contribution in [0.2, 0.25) is 5.02 Å². The van der Waals surface area contributed by atoms with Crippen molar-refractivity contribution in [3.8, 4) is 0 Å². The Balaban J connectivity index is 2.18. The molecule has 2 aromatic rings. The van der Waals surface area contributed by atoms with Crippen LogP contribution in [0.15, 0.2) is 48.8 Å². The Morgan fingerprint density at radius 3 is 2.45 bits per heavy atom. The summed E-state index contributed by atoms with van der Waals surface area (Å²) in [6.45, 7) is 0. The standard InChI is InChI=1S/C14H11Cl4N3O/c15-10-5-1-2-6-11(10)20-13(14(16,17)18)21-12(22)9-4-3-7-19-8-9/h1-8,13,20H,(H,21,22)/t13-/m0/s1. The molecular formula is C14H11Cl4N3O. The molecule has 1 aromatic carbocycles. The van der Waals surface area contributed by atoms with Gasteiger partial charge in [-0.05, 0) is 24.3 Å². The lowest BCUT2D eigenvalue weighted by Gasteiger charge is -2.27. The van der Waals surface area contributed by atoms with E-state index in [9.17, 15) is 4.79 Å². The number of carbonyl (C=O) groups excluding carboxylic acids is 1. The first-order chi connectivity index (χ1) is 10.4. The summed E-state index contributed by atoms with van der Waals surface area (Å²) >= 11 is 23.8. The van der Waals surface area contributed by atoms with Crippen molar-refractivity contribution < 1.29 is 4.79 Å². The molecule has 4 nitrogen and oxygen atoms in total. The van der Waals surface area contributed by atoms with E-state index < -0.39 is 15.9 Å². The number of hydrogen-bond acceptors (Lipinski definition) is 3. The molecule has 0 unspecified atom stereocenters. The van der Waals surface area contributed by atoms with Gasteiger partial charge in [-0.15, -0.1) is 0 Å². The van der Waals surface area contributed by atoms with E-state index in [-0.39, 0.29) is 0 Å². The Kier molecular flexibility index (Phi) is 5.75. The van der Waals surface area contributed by atoms with Gasteiger partial charge in [-0.1, -0.05) is 58.5 Å². The zero-order valence-corrected chi connectivity index (χ0v) is 14.1. The van der Waals surface area contributed by atoms with E-state index in [1.165, 1.54) is 6.20 Å². The zero-order chi connectivity index (χ0) is 16.2. The average molecular weight is 379 g/mol. The third-order valence-electron chi connectivity index (χ3n) is 2.70. The number of halogens is 4. The fourth-order valence-electron chi connectivity index (χ4n) is 1.65. The number of pyridine rings is 1. The number of hydrogen-bond donors (Lipinski definition) is 2. The molecule has 0 aliphatic heterocycles. The van der Waals surface area contributed by atoms with Crippen molar-refractivity contribution in [3.05, 3.63) is 59.4 Å². The van der Waals surface area contributed by atoms with E-state index >= 15 is 0 Å². The quantitative estimate of drug-likeness (QED) is 0.616. The second-order valence-electron chi connectivity index (χ2n) is 4.31. The Hall–Kier alpha value is -1.20. The van der Waals surface area contributed by atoms with Crippen LogP contribution < -0.4 is 10.6 Å². The predicted octanol–water partition coefficient (Wildman–Crippen LogP) is 4.27. The van der Waals surface area contributed by atoms with Crippen LogP contribution in [0.25, 0.3) is 0 Å². The van der Waals surface area contributed by atoms with Crippen LogP contribution in [0.3, 0.4) is 0 Å². The fourth-order valence-corrected chi connectivity index (χ4v) is 2.16. The van der Waals surface area contributed by atoms with Gasteiger partial charge in [0.25, 0.3) is 5.91 Å². The summed E-state index contributed by atoms with van der Waals surface area (Å²) in [5.74, 6) is -0.427. The van der Waals surface area contributed by atoms with Gasteiger partial charge in [0.15, 0.2) is 0 Å². The number of amides is 1. The molecule has 0 fully saturated rings. The van der Waals surface area contributed by atoms with Crippen molar-refractivity contribution in [2.24, 2.45) is 0 Å². The highest BCUT2D eigenvalue weighted by molar-refractivity contribution is 6.68. The summed E-state index contributed by atoms with van der Waals surface area (Å²) in [5.41, 5.74) is 0.884. The lowest BCUT2D eigenvalue weighted by atomic mass is 10.2. The number of alkyl halides is 3. The molecule has 116 valence electrons. The second-order valence-corrected chi connectivity index (χ2v) is 7.09. The highest BCUT2D eigenvalue weighted by atomic mass is 35.6.